The summed E-state index contributed by atoms with van der Waals surface area (Å²) >= 11 is 0. The van der Waals surface area contributed by atoms with Crippen molar-refractivity contribution in [2.75, 3.05) is 46.8 Å². The number of allylic oxidation sites excluding steroid dienone is 4. The van der Waals surface area contributed by atoms with Crippen LogP contribution in [0.1, 0.15) is 12.8 Å². The first-order valence-electron chi connectivity index (χ1n) is 8.91. The Morgan fingerprint density at radius 3 is 2.15 bits per heavy atom. The number of ether oxygens (including phenoxy) is 7. The van der Waals surface area contributed by atoms with Gasteiger partial charge >= 0.3 is 0 Å². The molecule has 0 radical (unpaired) electrons. The van der Waals surface area contributed by atoms with E-state index < -0.39 is 0 Å². The van der Waals surface area contributed by atoms with Crippen LogP contribution in [-0.4, -0.2) is 59.0 Å². The van der Waals surface area contributed by atoms with Crippen LogP contribution in [0.4, 0.5) is 0 Å². The van der Waals surface area contributed by atoms with Crippen LogP contribution in [-0.2, 0) is 33.2 Å². The molecule has 0 bridgehead atoms. The van der Waals surface area contributed by atoms with Crippen LogP contribution < -0.4 is 0 Å². The van der Waals surface area contributed by atoms with E-state index in [-0.39, 0.29) is 32.6 Å². The zero-order chi connectivity index (χ0) is 17.9. The molecule has 1 heterocycles. The number of fused-ring (bicyclic) bond motifs is 2. The topological polar surface area (TPSA) is 64.6 Å². The van der Waals surface area contributed by atoms with Gasteiger partial charge in [-0.2, -0.15) is 0 Å². The first-order valence-corrected chi connectivity index (χ1v) is 8.91. The van der Waals surface area contributed by atoms with Gasteiger partial charge in [0.25, 0.3) is 0 Å². The van der Waals surface area contributed by atoms with Crippen LogP contribution in [0.2, 0.25) is 0 Å². The second kappa shape index (κ2) is 11.2. The Labute approximate surface area is 153 Å². The predicted molar refractivity (Wildman–Crippen MR) is 92.9 cm³/mol. The quantitative estimate of drug-likeness (QED) is 0.652. The van der Waals surface area contributed by atoms with Crippen LogP contribution in [0.25, 0.3) is 0 Å². The van der Waals surface area contributed by atoms with E-state index >= 15 is 0 Å². The lowest BCUT2D eigenvalue weighted by atomic mass is 10.1. The summed E-state index contributed by atoms with van der Waals surface area (Å²) in [7, 11) is 0. The third kappa shape index (κ3) is 6.26. The average molecular weight is 366 g/mol. The lowest BCUT2D eigenvalue weighted by Crippen LogP contribution is -2.31. The minimum Gasteiger partial charge on any atom is -0.488 e. The Morgan fingerprint density at radius 2 is 1.31 bits per heavy atom. The molecule has 1 aliphatic heterocycles. The summed E-state index contributed by atoms with van der Waals surface area (Å²) in [6.07, 6.45) is 13.3. The van der Waals surface area contributed by atoms with Crippen molar-refractivity contribution in [1.29, 1.82) is 0 Å². The van der Waals surface area contributed by atoms with Crippen molar-refractivity contribution in [2.24, 2.45) is 0 Å². The normalized spacial score (nSPS) is 28.9. The summed E-state index contributed by atoms with van der Waals surface area (Å²) in [6.45, 7) is 2.18. The van der Waals surface area contributed by atoms with Crippen LogP contribution >= 0.6 is 0 Å². The molecule has 7 nitrogen and oxygen atoms in total. The van der Waals surface area contributed by atoms with Gasteiger partial charge in [0.1, 0.15) is 18.8 Å². The molecule has 3 rings (SSSR count). The second-order valence-corrected chi connectivity index (χ2v) is 5.82. The number of hydrogen-bond acceptors (Lipinski definition) is 7. The molecule has 0 aromatic rings. The zero-order valence-electron chi connectivity index (χ0n) is 14.8. The summed E-state index contributed by atoms with van der Waals surface area (Å²) in [4.78, 5) is 0. The maximum Gasteiger partial charge on any atom is 0.191 e. The zero-order valence-corrected chi connectivity index (χ0v) is 14.8. The van der Waals surface area contributed by atoms with Crippen molar-refractivity contribution in [1.82, 2.24) is 0 Å². The molecule has 26 heavy (non-hydrogen) atoms. The van der Waals surface area contributed by atoms with Gasteiger partial charge in [0.15, 0.2) is 31.9 Å². The van der Waals surface area contributed by atoms with Gasteiger partial charge < -0.3 is 33.2 Å². The van der Waals surface area contributed by atoms with E-state index in [1.165, 1.54) is 0 Å². The highest BCUT2D eigenvalue weighted by Gasteiger charge is 2.20. The highest BCUT2D eigenvalue weighted by Crippen LogP contribution is 2.21. The SMILES string of the molecule is C1=CC2OCCOCCOC3=CCCC=C3OCOCOCO[C@H]2C=C1. The minimum absolute atomic E-state index is 0.0822. The summed E-state index contributed by atoms with van der Waals surface area (Å²) < 4.78 is 39.1. The smallest absolute Gasteiger partial charge is 0.191 e. The molecule has 1 saturated heterocycles. The van der Waals surface area contributed by atoms with E-state index in [0.29, 0.717) is 32.2 Å². The standard InChI is InChI=1S/C19H26O7/c1-3-7-18-16(5-1)23-11-9-20-10-12-24-17-6-2-4-8-19(17)26-15-22-13-21-14-25-18/h1,3,5-8,16,18H,2,4,9-15H2/t16?,18-/m0/s1. The van der Waals surface area contributed by atoms with Crippen LogP contribution in [0.5, 0.6) is 0 Å². The lowest BCUT2D eigenvalue weighted by Gasteiger charge is -2.24. The predicted octanol–water partition coefficient (Wildman–Crippen LogP) is 2.41. The van der Waals surface area contributed by atoms with Gasteiger partial charge in [0.2, 0.25) is 0 Å². The monoisotopic (exact) mass is 366 g/mol. The fourth-order valence-electron chi connectivity index (χ4n) is 2.67. The van der Waals surface area contributed by atoms with Crippen LogP contribution in [0.15, 0.2) is 48.0 Å². The van der Waals surface area contributed by atoms with Gasteiger partial charge in [0, 0.05) is 0 Å². The van der Waals surface area contributed by atoms with E-state index in [9.17, 15) is 0 Å². The molecule has 2 atom stereocenters. The molecule has 0 aromatic heterocycles. The fourth-order valence-corrected chi connectivity index (χ4v) is 2.67. The highest BCUT2D eigenvalue weighted by atomic mass is 16.8. The largest absolute Gasteiger partial charge is 0.488 e. The number of rotatable bonds is 0. The van der Waals surface area contributed by atoms with Crippen molar-refractivity contribution in [3.8, 4) is 0 Å². The molecule has 7 heteroatoms. The summed E-state index contributed by atoms with van der Waals surface area (Å²) in [6, 6.07) is 0. The van der Waals surface area contributed by atoms with Gasteiger partial charge in [0.05, 0.1) is 19.8 Å². The molecule has 2 aliphatic carbocycles. The van der Waals surface area contributed by atoms with Gasteiger partial charge in [-0.1, -0.05) is 24.3 Å². The molecule has 0 saturated carbocycles. The summed E-state index contributed by atoms with van der Waals surface area (Å²) in [5.74, 6) is 1.42. The first kappa shape index (κ1) is 19.1. The van der Waals surface area contributed by atoms with E-state index in [1.807, 2.05) is 36.5 Å². The van der Waals surface area contributed by atoms with Crippen LogP contribution in [0.3, 0.4) is 0 Å². The molecule has 1 unspecified atom stereocenters. The minimum atomic E-state index is -0.196. The van der Waals surface area contributed by atoms with E-state index in [2.05, 4.69) is 0 Å². The molecule has 0 aromatic carbocycles. The maximum atomic E-state index is 5.82. The Morgan fingerprint density at radius 1 is 0.615 bits per heavy atom. The highest BCUT2D eigenvalue weighted by molar-refractivity contribution is 5.23. The molecule has 0 N–H and O–H groups in total. The van der Waals surface area contributed by atoms with Crippen molar-refractivity contribution >= 4 is 0 Å². The molecule has 1 fully saturated rings. The van der Waals surface area contributed by atoms with Gasteiger partial charge in [-0.05, 0) is 25.0 Å². The lowest BCUT2D eigenvalue weighted by molar-refractivity contribution is -0.180. The Bertz CT molecular complexity index is 490. The third-order valence-electron chi connectivity index (χ3n) is 3.94. The summed E-state index contributed by atoms with van der Waals surface area (Å²) in [5, 5.41) is 0. The van der Waals surface area contributed by atoms with E-state index in [0.717, 1.165) is 18.6 Å². The maximum absolute atomic E-state index is 5.82. The number of hydrogen-bond donors (Lipinski definition) is 0. The first-order chi connectivity index (χ1) is 12.9. The van der Waals surface area contributed by atoms with Crippen molar-refractivity contribution in [3.05, 3.63) is 48.0 Å². The van der Waals surface area contributed by atoms with Crippen molar-refractivity contribution in [2.45, 2.75) is 25.0 Å². The average Bonchev–Trinajstić information content (AvgIpc) is 2.68. The molecular weight excluding hydrogens is 340 g/mol. The van der Waals surface area contributed by atoms with Gasteiger partial charge in [-0.15, -0.1) is 0 Å². The molecule has 144 valence electrons. The Kier molecular flexibility index (Phi) is 8.21. The molecule has 0 spiro atoms. The third-order valence-corrected chi connectivity index (χ3v) is 3.94. The van der Waals surface area contributed by atoms with E-state index in [1.54, 1.807) is 0 Å². The van der Waals surface area contributed by atoms with Crippen LogP contribution in [0, 0.1) is 0 Å². The molecule has 0 amide bonds. The fraction of sp³-hybridized carbons (Fsp3) is 0.579. The second-order valence-electron chi connectivity index (χ2n) is 5.82. The van der Waals surface area contributed by atoms with Gasteiger partial charge in [-0.3, -0.25) is 0 Å². The Hall–Kier alpha value is -1.64. The van der Waals surface area contributed by atoms with Crippen molar-refractivity contribution in [3.63, 3.8) is 0 Å². The van der Waals surface area contributed by atoms with Crippen molar-refractivity contribution < 1.29 is 33.2 Å². The molecule has 3 aliphatic rings. The molecular formula is C19H26O7. The van der Waals surface area contributed by atoms with E-state index in [4.69, 9.17) is 33.2 Å². The summed E-state index contributed by atoms with van der Waals surface area (Å²) in [5.41, 5.74) is 0. The van der Waals surface area contributed by atoms with Gasteiger partial charge in [-0.25, -0.2) is 0 Å². The Balaban J connectivity index is 1.49.